The smallest absolute Gasteiger partial charge is 0.0568 e. The molecule has 0 aromatic rings. The summed E-state index contributed by atoms with van der Waals surface area (Å²) in [4.78, 5) is 0. The van der Waals surface area contributed by atoms with Crippen molar-refractivity contribution < 1.29 is 5.11 Å². The van der Waals surface area contributed by atoms with E-state index < -0.39 is 0 Å². The van der Waals surface area contributed by atoms with E-state index in [1.165, 1.54) is 116 Å². The van der Waals surface area contributed by atoms with Crippen LogP contribution in [0.5, 0.6) is 0 Å². The van der Waals surface area contributed by atoms with Gasteiger partial charge < -0.3 is 5.11 Å². The molecule has 0 amide bonds. The second kappa shape index (κ2) is 27.4. The van der Waals surface area contributed by atoms with Gasteiger partial charge in [0.05, 0.1) is 6.10 Å². The van der Waals surface area contributed by atoms with E-state index in [9.17, 15) is 5.11 Å². The van der Waals surface area contributed by atoms with E-state index >= 15 is 0 Å². The van der Waals surface area contributed by atoms with Gasteiger partial charge in [-0.3, -0.25) is 0 Å². The second-order valence-electron chi connectivity index (χ2n) is 10.0. The zero-order chi connectivity index (χ0) is 24.2. The lowest BCUT2D eigenvalue weighted by atomic mass is 9.88. The zero-order valence-corrected chi connectivity index (χ0v) is 22.9. The van der Waals surface area contributed by atoms with Crippen molar-refractivity contribution in [3.05, 3.63) is 36.5 Å². The molecule has 0 bridgehead atoms. The second-order valence-corrected chi connectivity index (χ2v) is 10.0. The first kappa shape index (κ1) is 32.2. The third kappa shape index (κ3) is 24.1. The van der Waals surface area contributed by atoms with Crippen LogP contribution in [-0.2, 0) is 0 Å². The standard InChI is InChI=1S/C32H60O/c1-4-7-10-13-16-19-22-25-28-31(29-26-23-20-17-14-11-8-5-2)32(33)30-27-24-21-18-15-12-9-6-3/h16-21,31-33H,4-15,22-30H2,1-3H3. The van der Waals surface area contributed by atoms with E-state index in [0.717, 1.165) is 19.3 Å². The zero-order valence-electron chi connectivity index (χ0n) is 22.9. The molecule has 0 aliphatic heterocycles. The maximum absolute atomic E-state index is 10.9. The molecular formula is C32H60O. The Kier molecular flexibility index (Phi) is 26.7. The minimum Gasteiger partial charge on any atom is -0.393 e. The highest BCUT2D eigenvalue weighted by atomic mass is 16.3. The first-order chi connectivity index (χ1) is 16.3. The van der Waals surface area contributed by atoms with Gasteiger partial charge in [-0.05, 0) is 102 Å². The van der Waals surface area contributed by atoms with Gasteiger partial charge in [-0.15, -0.1) is 0 Å². The van der Waals surface area contributed by atoms with Crippen LogP contribution in [0.2, 0.25) is 0 Å². The van der Waals surface area contributed by atoms with Crippen molar-refractivity contribution in [2.45, 2.75) is 162 Å². The summed E-state index contributed by atoms with van der Waals surface area (Å²) < 4.78 is 0. The van der Waals surface area contributed by atoms with E-state index in [2.05, 4.69) is 57.2 Å². The van der Waals surface area contributed by atoms with Gasteiger partial charge in [0.1, 0.15) is 0 Å². The number of hydrogen-bond acceptors (Lipinski definition) is 1. The first-order valence-electron chi connectivity index (χ1n) is 14.9. The summed E-state index contributed by atoms with van der Waals surface area (Å²) in [5, 5.41) is 10.9. The summed E-state index contributed by atoms with van der Waals surface area (Å²) in [6.45, 7) is 6.79. The summed E-state index contributed by atoms with van der Waals surface area (Å²) in [5.74, 6) is 0.473. The fourth-order valence-electron chi connectivity index (χ4n) is 4.45. The first-order valence-corrected chi connectivity index (χ1v) is 14.9. The van der Waals surface area contributed by atoms with Crippen LogP contribution < -0.4 is 0 Å². The molecule has 194 valence electrons. The number of hydrogen-bond donors (Lipinski definition) is 1. The van der Waals surface area contributed by atoms with Gasteiger partial charge in [-0.2, -0.15) is 0 Å². The number of unbranched alkanes of at least 4 members (excludes halogenated alkanes) is 12. The van der Waals surface area contributed by atoms with Crippen LogP contribution in [0.15, 0.2) is 36.5 Å². The number of aliphatic hydroxyl groups is 1. The highest BCUT2D eigenvalue weighted by Crippen LogP contribution is 2.24. The fourth-order valence-corrected chi connectivity index (χ4v) is 4.45. The molecule has 1 N–H and O–H groups in total. The molecule has 0 radical (unpaired) electrons. The predicted octanol–water partition coefficient (Wildman–Crippen LogP) is 10.9. The van der Waals surface area contributed by atoms with Gasteiger partial charge in [-0.25, -0.2) is 0 Å². The molecule has 1 unspecified atom stereocenters. The fraction of sp³-hybridized carbons (Fsp3) is 0.812. The van der Waals surface area contributed by atoms with Gasteiger partial charge in [0, 0.05) is 0 Å². The Hall–Kier alpha value is -0.820. The molecule has 0 spiro atoms. The summed E-state index contributed by atoms with van der Waals surface area (Å²) >= 11 is 0. The molecule has 0 saturated carbocycles. The molecule has 0 aromatic carbocycles. The largest absolute Gasteiger partial charge is 0.393 e. The van der Waals surface area contributed by atoms with Crippen molar-refractivity contribution in [2.75, 3.05) is 0 Å². The van der Waals surface area contributed by atoms with Crippen LogP contribution in [0.3, 0.4) is 0 Å². The summed E-state index contributed by atoms with van der Waals surface area (Å²) in [6.07, 6.45) is 40.0. The van der Waals surface area contributed by atoms with E-state index in [4.69, 9.17) is 0 Å². The van der Waals surface area contributed by atoms with Crippen LogP contribution in [-0.4, -0.2) is 11.2 Å². The van der Waals surface area contributed by atoms with Gasteiger partial charge in [0.2, 0.25) is 0 Å². The lowest BCUT2D eigenvalue weighted by Gasteiger charge is -2.22. The summed E-state index contributed by atoms with van der Waals surface area (Å²) in [5.41, 5.74) is 0. The summed E-state index contributed by atoms with van der Waals surface area (Å²) in [7, 11) is 0. The molecular weight excluding hydrogens is 400 g/mol. The van der Waals surface area contributed by atoms with Crippen molar-refractivity contribution >= 4 is 0 Å². The van der Waals surface area contributed by atoms with Gasteiger partial charge in [0.25, 0.3) is 0 Å². The maximum atomic E-state index is 10.9. The highest BCUT2D eigenvalue weighted by Gasteiger charge is 2.17. The highest BCUT2D eigenvalue weighted by molar-refractivity contribution is 4.85. The third-order valence-electron chi connectivity index (χ3n) is 6.73. The Labute approximate surface area is 209 Å². The minimum atomic E-state index is -0.124. The van der Waals surface area contributed by atoms with Crippen LogP contribution in [0, 0.1) is 5.92 Å². The molecule has 0 aliphatic carbocycles. The van der Waals surface area contributed by atoms with Gasteiger partial charge in [-0.1, -0.05) is 95.8 Å². The lowest BCUT2D eigenvalue weighted by molar-refractivity contribution is 0.0851. The molecule has 1 nitrogen and oxygen atoms in total. The molecule has 0 aromatic heterocycles. The Morgan fingerprint density at radius 3 is 1.06 bits per heavy atom. The van der Waals surface area contributed by atoms with Gasteiger partial charge >= 0.3 is 0 Å². The Morgan fingerprint density at radius 2 is 0.727 bits per heavy atom. The van der Waals surface area contributed by atoms with E-state index in [1.54, 1.807) is 0 Å². The quantitative estimate of drug-likeness (QED) is 0.106. The Morgan fingerprint density at radius 1 is 0.424 bits per heavy atom. The maximum Gasteiger partial charge on any atom is 0.0568 e. The molecule has 0 saturated heterocycles. The predicted molar refractivity (Wildman–Crippen MR) is 151 cm³/mol. The SMILES string of the molecule is CCCCCC=CCCCC(O)C(CCCC=CCCCCC)CCCC=CCCCCC. The molecule has 0 aliphatic rings. The molecule has 0 heterocycles. The molecule has 0 fully saturated rings. The number of rotatable bonds is 25. The van der Waals surface area contributed by atoms with Crippen molar-refractivity contribution in [1.29, 1.82) is 0 Å². The normalized spacial score (nSPS) is 14.2. The molecule has 1 atom stereocenters. The molecule has 1 heteroatoms. The average molecular weight is 461 g/mol. The van der Waals surface area contributed by atoms with E-state index in [1.807, 2.05) is 0 Å². The van der Waals surface area contributed by atoms with Gasteiger partial charge in [0.15, 0.2) is 0 Å². The minimum absolute atomic E-state index is 0.124. The number of aliphatic hydroxyl groups excluding tert-OH is 1. The monoisotopic (exact) mass is 460 g/mol. The lowest BCUT2D eigenvalue weighted by Crippen LogP contribution is -2.20. The third-order valence-corrected chi connectivity index (χ3v) is 6.73. The number of allylic oxidation sites excluding steroid dienone is 6. The Bertz CT molecular complexity index is 421. The molecule has 33 heavy (non-hydrogen) atoms. The van der Waals surface area contributed by atoms with Crippen LogP contribution in [0.1, 0.15) is 156 Å². The van der Waals surface area contributed by atoms with Crippen molar-refractivity contribution in [1.82, 2.24) is 0 Å². The van der Waals surface area contributed by atoms with Crippen molar-refractivity contribution in [2.24, 2.45) is 5.92 Å². The molecule has 0 rings (SSSR count). The van der Waals surface area contributed by atoms with Crippen LogP contribution in [0.25, 0.3) is 0 Å². The van der Waals surface area contributed by atoms with Crippen molar-refractivity contribution in [3.63, 3.8) is 0 Å². The van der Waals surface area contributed by atoms with Crippen LogP contribution >= 0.6 is 0 Å². The van der Waals surface area contributed by atoms with E-state index in [-0.39, 0.29) is 6.10 Å². The topological polar surface area (TPSA) is 20.2 Å². The van der Waals surface area contributed by atoms with Crippen LogP contribution in [0.4, 0.5) is 0 Å². The average Bonchev–Trinajstić information content (AvgIpc) is 2.82. The summed E-state index contributed by atoms with van der Waals surface area (Å²) in [6, 6.07) is 0. The van der Waals surface area contributed by atoms with E-state index in [0.29, 0.717) is 5.92 Å². The van der Waals surface area contributed by atoms with Crippen molar-refractivity contribution in [3.8, 4) is 0 Å². The Balaban J connectivity index is 4.25.